The van der Waals surface area contributed by atoms with E-state index in [2.05, 4.69) is 5.32 Å². The SMILES string of the molecule is COc1c(F)ccc(C(=O)N2c3cccc(O)c3NC3=C(C2c2ccc(OCc4ccccc4)cc2F)S(=O)(=O)CC(C)(C)C3)c1F. The molecule has 1 unspecified atom stereocenters. The van der Waals surface area contributed by atoms with Crippen molar-refractivity contribution < 1.29 is 41.0 Å². The van der Waals surface area contributed by atoms with Crippen molar-refractivity contribution in [2.45, 2.75) is 32.9 Å². The number of carbonyl (C=O) groups excluding carboxylic acids is 1. The van der Waals surface area contributed by atoms with Crippen molar-refractivity contribution in [1.82, 2.24) is 0 Å². The van der Waals surface area contributed by atoms with Crippen LogP contribution in [0.3, 0.4) is 0 Å². The van der Waals surface area contributed by atoms with E-state index in [1.54, 1.807) is 13.8 Å². The van der Waals surface area contributed by atoms with Crippen molar-refractivity contribution in [3.8, 4) is 17.2 Å². The lowest BCUT2D eigenvalue weighted by molar-refractivity contribution is 0.0975. The summed E-state index contributed by atoms with van der Waals surface area (Å²) in [6.45, 7) is 3.64. The van der Waals surface area contributed by atoms with Gasteiger partial charge in [-0.05, 0) is 53.8 Å². The number of phenols is 1. The van der Waals surface area contributed by atoms with E-state index in [1.807, 2.05) is 30.3 Å². The van der Waals surface area contributed by atoms with Crippen LogP contribution in [-0.2, 0) is 16.4 Å². The number of methoxy groups -OCH3 is 1. The number of nitrogens with zero attached hydrogens (tertiary/aromatic N) is 1. The number of aromatic hydroxyl groups is 1. The Hall–Kier alpha value is -4.97. The third-order valence-corrected chi connectivity index (χ3v) is 10.4. The Morgan fingerprint density at radius 2 is 1.74 bits per heavy atom. The van der Waals surface area contributed by atoms with Gasteiger partial charge in [0.1, 0.15) is 35.7 Å². The number of hydrogen-bond acceptors (Lipinski definition) is 7. The zero-order valence-corrected chi connectivity index (χ0v) is 26.5. The molecule has 12 heteroatoms. The smallest absolute Gasteiger partial charge is 0.262 e. The summed E-state index contributed by atoms with van der Waals surface area (Å²) < 4.78 is 85.4. The molecule has 0 aliphatic carbocycles. The molecule has 244 valence electrons. The molecule has 4 aromatic carbocycles. The van der Waals surface area contributed by atoms with Crippen LogP contribution in [0.5, 0.6) is 17.2 Å². The Labute approximate surface area is 270 Å². The van der Waals surface area contributed by atoms with Gasteiger partial charge in [-0.25, -0.2) is 21.6 Å². The van der Waals surface area contributed by atoms with Crippen LogP contribution >= 0.6 is 0 Å². The monoisotopic (exact) mass is 664 g/mol. The first-order valence-electron chi connectivity index (χ1n) is 14.7. The molecule has 6 rings (SSSR count). The molecule has 8 nitrogen and oxygen atoms in total. The van der Waals surface area contributed by atoms with Crippen LogP contribution in [0, 0.1) is 22.9 Å². The van der Waals surface area contributed by atoms with E-state index in [4.69, 9.17) is 9.47 Å². The normalized spacial score (nSPS) is 18.0. The number of para-hydroxylation sites is 1. The van der Waals surface area contributed by atoms with Crippen molar-refractivity contribution in [3.05, 3.63) is 124 Å². The van der Waals surface area contributed by atoms with Gasteiger partial charge in [0.15, 0.2) is 27.2 Å². The predicted octanol–water partition coefficient (Wildman–Crippen LogP) is 7.27. The van der Waals surface area contributed by atoms with E-state index < -0.39 is 56.0 Å². The summed E-state index contributed by atoms with van der Waals surface area (Å²) in [7, 11) is -3.19. The molecular weight excluding hydrogens is 633 g/mol. The maximum absolute atomic E-state index is 16.4. The van der Waals surface area contributed by atoms with E-state index in [9.17, 15) is 22.7 Å². The average Bonchev–Trinajstić information content (AvgIpc) is 3.15. The van der Waals surface area contributed by atoms with Crippen molar-refractivity contribution in [1.29, 1.82) is 0 Å². The van der Waals surface area contributed by atoms with Gasteiger partial charge in [0.2, 0.25) is 0 Å². The van der Waals surface area contributed by atoms with Crippen LogP contribution in [0.4, 0.5) is 24.5 Å². The Balaban J connectivity index is 1.59. The summed E-state index contributed by atoms with van der Waals surface area (Å²) in [6, 6.07) is 17.3. The molecule has 1 amide bonds. The van der Waals surface area contributed by atoms with Gasteiger partial charge in [0.05, 0.1) is 29.0 Å². The fourth-order valence-corrected chi connectivity index (χ4v) is 8.54. The van der Waals surface area contributed by atoms with E-state index in [0.29, 0.717) is 0 Å². The minimum Gasteiger partial charge on any atom is -0.506 e. The average molecular weight is 665 g/mol. The maximum Gasteiger partial charge on any atom is 0.262 e. The number of hydrogen-bond donors (Lipinski definition) is 2. The number of fused-ring (bicyclic) bond motifs is 1. The minimum atomic E-state index is -4.23. The number of allylic oxidation sites excluding steroid dienone is 1. The van der Waals surface area contributed by atoms with Crippen molar-refractivity contribution >= 4 is 27.1 Å². The second kappa shape index (κ2) is 12.0. The second-order valence-corrected chi connectivity index (χ2v) is 14.2. The highest BCUT2D eigenvalue weighted by Crippen LogP contribution is 2.52. The van der Waals surface area contributed by atoms with Crippen molar-refractivity contribution in [2.24, 2.45) is 5.41 Å². The zero-order chi connectivity index (χ0) is 33.7. The van der Waals surface area contributed by atoms with Crippen molar-refractivity contribution in [2.75, 3.05) is 23.1 Å². The highest BCUT2D eigenvalue weighted by atomic mass is 32.2. The van der Waals surface area contributed by atoms with E-state index in [1.165, 1.54) is 30.3 Å². The maximum atomic E-state index is 16.4. The topological polar surface area (TPSA) is 105 Å². The molecule has 2 N–H and O–H groups in total. The largest absolute Gasteiger partial charge is 0.506 e. The first-order valence-corrected chi connectivity index (χ1v) is 16.3. The van der Waals surface area contributed by atoms with Crippen LogP contribution in [0.25, 0.3) is 0 Å². The Morgan fingerprint density at radius 3 is 2.45 bits per heavy atom. The number of halogens is 3. The molecule has 0 aromatic heterocycles. The standard InChI is InChI=1S/C35H31F3N2O6S/c1-35(2)17-26-33(47(43,44)19-35)31(22-13-12-21(16-25(22)37)46-18-20-8-5-4-6-9-20)40(27-10-7-11-28(41)30(27)39-26)34(42)23-14-15-24(36)32(45-3)29(23)38/h4-16,31,39,41H,17-19H2,1-3H3. The van der Waals surface area contributed by atoms with Crippen LogP contribution < -0.4 is 19.7 Å². The molecule has 0 spiro atoms. The first kappa shape index (κ1) is 32.0. The van der Waals surface area contributed by atoms with Gasteiger partial charge in [0, 0.05) is 17.3 Å². The second-order valence-electron chi connectivity index (χ2n) is 12.2. The summed E-state index contributed by atoms with van der Waals surface area (Å²) in [5.74, 6) is -5.77. The fraction of sp³-hybridized carbons (Fsp3) is 0.229. The summed E-state index contributed by atoms with van der Waals surface area (Å²) in [4.78, 5) is 15.1. The number of phenolic OH excluding ortho intramolecular Hbond substituents is 1. The van der Waals surface area contributed by atoms with E-state index >= 15 is 8.78 Å². The molecule has 4 aromatic rings. The number of ether oxygens (including phenoxy) is 2. The van der Waals surface area contributed by atoms with Gasteiger partial charge in [-0.2, -0.15) is 0 Å². The third-order valence-electron chi connectivity index (χ3n) is 8.15. The Bertz CT molecular complexity index is 2030. The number of nitrogens with one attached hydrogen (secondary N) is 1. The zero-order valence-electron chi connectivity index (χ0n) is 25.7. The van der Waals surface area contributed by atoms with Gasteiger partial charge in [-0.15, -0.1) is 0 Å². The molecule has 0 saturated carbocycles. The highest BCUT2D eigenvalue weighted by molar-refractivity contribution is 7.95. The number of benzene rings is 4. The summed E-state index contributed by atoms with van der Waals surface area (Å²) >= 11 is 0. The van der Waals surface area contributed by atoms with E-state index in [0.717, 1.165) is 35.8 Å². The van der Waals surface area contributed by atoms with Crippen molar-refractivity contribution in [3.63, 3.8) is 0 Å². The van der Waals surface area contributed by atoms with Crippen LogP contribution in [0.15, 0.2) is 89.5 Å². The Kier molecular flexibility index (Phi) is 8.17. The summed E-state index contributed by atoms with van der Waals surface area (Å²) in [6.07, 6.45) is 0.159. The van der Waals surface area contributed by atoms with Gasteiger partial charge >= 0.3 is 0 Å². The Morgan fingerprint density at radius 1 is 1.00 bits per heavy atom. The number of amides is 1. The number of anilines is 2. The quantitative estimate of drug-likeness (QED) is 0.209. The van der Waals surface area contributed by atoms with Gasteiger partial charge in [-0.1, -0.05) is 50.2 Å². The number of sulfone groups is 1. The van der Waals surface area contributed by atoms with E-state index in [-0.39, 0.29) is 57.8 Å². The molecule has 2 heterocycles. The molecule has 2 aliphatic rings. The molecule has 2 aliphatic heterocycles. The van der Waals surface area contributed by atoms with Crippen LogP contribution in [-0.4, -0.2) is 32.3 Å². The number of carbonyl (C=O) groups is 1. The number of rotatable bonds is 6. The summed E-state index contributed by atoms with van der Waals surface area (Å²) in [5.41, 5.74) is -0.789. The molecule has 0 saturated heterocycles. The molecule has 0 fully saturated rings. The third kappa shape index (κ3) is 5.89. The molecule has 1 atom stereocenters. The van der Waals surface area contributed by atoms with Gasteiger partial charge in [-0.3, -0.25) is 9.69 Å². The lowest BCUT2D eigenvalue weighted by Crippen LogP contribution is -2.41. The first-order chi connectivity index (χ1) is 22.3. The van der Waals surface area contributed by atoms with Gasteiger partial charge < -0.3 is 19.9 Å². The molecule has 47 heavy (non-hydrogen) atoms. The summed E-state index contributed by atoms with van der Waals surface area (Å²) in [5, 5.41) is 14.0. The highest BCUT2D eigenvalue weighted by Gasteiger charge is 2.48. The lowest BCUT2D eigenvalue weighted by atomic mass is 9.88. The molecular formula is C35H31F3N2O6S. The minimum absolute atomic E-state index is 0.0403. The fourth-order valence-electron chi connectivity index (χ4n) is 6.18. The molecule has 0 bridgehead atoms. The van der Waals surface area contributed by atoms with Gasteiger partial charge in [0.25, 0.3) is 5.91 Å². The lowest BCUT2D eigenvalue weighted by Gasteiger charge is -2.37. The molecule has 0 radical (unpaired) electrons. The predicted molar refractivity (Wildman–Crippen MR) is 171 cm³/mol. The van der Waals surface area contributed by atoms with Crippen LogP contribution in [0.2, 0.25) is 0 Å². The van der Waals surface area contributed by atoms with Crippen LogP contribution in [0.1, 0.15) is 47.8 Å².